The Morgan fingerprint density at radius 3 is 2.45 bits per heavy atom. The number of benzene rings is 2. The third kappa shape index (κ3) is 5.84. The van der Waals surface area contributed by atoms with Crippen molar-refractivity contribution in [3.05, 3.63) is 71.4 Å². The van der Waals surface area contributed by atoms with E-state index >= 15 is 0 Å². The molecule has 2 aromatic rings. The maximum atomic E-state index is 13.4. The number of para-hydroxylation sites is 1. The average Bonchev–Trinajstić information content (AvgIpc) is 2.91. The standard InChI is InChI=1S/C31H38N4O5/c1-4-39-30(37)27-26(20-34-16-17-35(21(2)19-34)29(36)22-10-8-11-22)33(3)31(38)32-28(27)23-12-9-15-25(18-23)40-24-13-6-5-7-14-24/h5-7,9,12-15,18,21-22,28H,4,8,10-11,16-17,19-20H2,1-3H3,(H,32,38)/t21-,28-/m1/s1. The molecule has 0 radical (unpaired) electrons. The van der Waals surface area contributed by atoms with Crippen molar-refractivity contribution < 1.29 is 23.9 Å². The molecular formula is C31H38N4O5. The molecule has 2 aromatic carbocycles. The van der Waals surface area contributed by atoms with E-state index in [0.717, 1.165) is 24.8 Å². The number of ether oxygens (including phenoxy) is 2. The first-order valence-corrected chi connectivity index (χ1v) is 14.2. The van der Waals surface area contributed by atoms with Crippen LogP contribution >= 0.6 is 0 Å². The Morgan fingerprint density at radius 1 is 1.02 bits per heavy atom. The van der Waals surface area contributed by atoms with Gasteiger partial charge in [-0.05, 0) is 56.5 Å². The third-order valence-corrected chi connectivity index (χ3v) is 8.07. The van der Waals surface area contributed by atoms with Crippen LogP contribution in [0, 0.1) is 5.92 Å². The molecule has 9 nitrogen and oxygen atoms in total. The van der Waals surface area contributed by atoms with Crippen molar-refractivity contribution in [1.29, 1.82) is 0 Å². The minimum atomic E-state index is -0.698. The lowest BCUT2D eigenvalue weighted by Gasteiger charge is -2.44. The molecule has 0 spiro atoms. The second-order valence-corrected chi connectivity index (χ2v) is 10.8. The van der Waals surface area contributed by atoms with E-state index in [1.54, 1.807) is 14.0 Å². The molecule has 212 valence electrons. The zero-order chi connectivity index (χ0) is 28.2. The number of carbonyl (C=O) groups is 3. The average molecular weight is 547 g/mol. The van der Waals surface area contributed by atoms with Gasteiger partial charge >= 0.3 is 12.0 Å². The predicted molar refractivity (Wildman–Crippen MR) is 151 cm³/mol. The summed E-state index contributed by atoms with van der Waals surface area (Å²) >= 11 is 0. The van der Waals surface area contributed by atoms with Gasteiger partial charge in [0.05, 0.1) is 18.2 Å². The molecule has 2 fully saturated rings. The molecule has 3 amide bonds. The third-order valence-electron chi connectivity index (χ3n) is 8.07. The molecule has 1 saturated heterocycles. The first kappa shape index (κ1) is 27.7. The number of amides is 3. The molecule has 1 N–H and O–H groups in total. The number of nitrogens with one attached hydrogen (secondary N) is 1. The van der Waals surface area contributed by atoms with Gasteiger partial charge in [-0.2, -0.15) is 0 Å². The molecule has 9 heteroatoms. The molecule has 2 atom stereocenters. The highest BCUT2D eigenvalue weighted by Gasteiger charge is 2.39. The molecule has 1 aliphatic carbocycles. The highest BCUT2D eigenvalue weighted by Crippen LogP contribution is 2.34. The summed E-state index contributed by atoms with van der Waals surface area (Å²) in [6.07, 6.45) is 3.10. The summed E-state index contributed by atoms with van der Waals surface area (Å²) in [5.41, 5.74) is 1.73. The van der Waals surface area contributed by atoms with Gasteiger partial charge in [-0.3, -0.25) is 14.6 Å². The lowest BCUT2D eigenvalue weighted by Crippen LogP contribution is -2.57. The molecule has 2 heterocycles. The van der Waals surface area contributed by atoms with Crippen LogP contribution < -0.4 is 10.1 Å². The minimum absolute atomic E-state index is 0.0545. The zero-order valence-corrected chi connectivity index (χ0v) is 23.5. The first-order valence-electron chi connectivity index (χ1n) is 14.2. The molecule has 2 aliphatic heterocycles. The van der Waals surface area contributed by atoms with Crippen LogP contribution in [0.15, 0.2) is 65.9 Å². The highest BCUT2D eigenvalue weighted by molar-refractivity contribution is 5.95. The zero-order valence-electron chi connectivity index (χ0n) is 23.5. The monoisotopic (exact) mass is 546 g/mol. The van der Waals surface area contributed by atoms with Crippen molar-refractivity contribution in [2.24, 2.45) is 5.92 Å². The van der Waals surface area contributed by atoms with Crippen molar-refractivity contribution in [2.75, 3.05) is 39.8 Å². The van der Waals surface area contributed by atoms with Gasteiger partial charge in [-0.15, -0.1) is 0 Å². The van der Waals surface area contributed by atoms with Gasteiger partial charge in [0.25, 0.3) is 0 Å². The summed E-state index contributed by atoms with van der Waals surface area (Å²) in [7, 11) is 1.68. The van der Waals surface area contributed by atoms with Crippen molar-refractivity contribution >= 4 is 17.9 Å². The van der Waals surface area contributed by atoms with Crippen LogP contribution in [0.5, 0.6) is 11.5 Å². The molecule has 3 aliphatic rings. The molecular weight excluding hydrogens is 508 g/mol. The number of piperazine rings is 1. The van der Waals surface area contributed by atoms with Gasteiger partial charge in [0.1, 0.15) is 11.5 Å². The SMILES string of the molecule is CCOC(=O)C1=C(CN2CCN(C(=O)C3CCC3)[C@H](C)C2)N(C)C(=O)N[C@@H]1c1cccc(Oc2ccccc2)c1. The van der Waals surface area contributed by atoms with E-state index in [-0.39, 0.29) is 30.5 Å². The van der Waals surface area contributed by atoms with Gasteiger partial charge in [0.2, 0.25) is 5.91 Å². The number of hydrogen-bond donors (Lipinski definition) is 1. The summed E-state index contributed by atoms with van der Waals surface area (Å²) in [5, 5.41) is 2.99. The van der Waals surface area contributed by atoms with Crippen LogP contribution in [0.2, 0.25) is 0 Å². The number of hydrogen-bond acceptors (Lipinski definition) is 6. The van der Waals surface area contributed by atoms with Gasteiger partial charge < -0.3 is 19.7 Å². The number of urea groups is 1. The quantitative estimate of drug-likeness (QED) is 0.496. The van der Waals surface area contributed by atoms with Crippen LogP contribution in [0.25, 0.3) is 0 Å². The smallest absolute Gasteiger partial charge is 0.338 e. The molecule has 5 rings (SSSR count). The Kier molecular flexibility index (Phi) is 8.40. The van der Waals surface area contributed by atoms with Crippen LogP contribution in [0.1, 0.15) is 44.7 Å². The Labute approximate surface area is 235 Å². The Bertz CT molecular complexity index is 1280. The molecule has 0 aromatic heterocycles. The van der Waals surface area contributed by atoms with E-state index in [4.69, 9.17) is 9.47 Å². The van der Waals surface area contributed by atoms with Crippen LogP contribution in [0.3, 0.4) is 0 Å². The van der Waals surface area contributed by atoms with Crippen molar-refractivity contribution in [1.82, 2.24) is 20.0 Å². The maximum Gasteiger partial charge on any atom is 0.338 e. The second-order valence-electron chi connectivity index (χ2n) is 10.8. The van der Waals surface area contributed by atoms with E-state index in [2.05, 4.69) is 17.1 Å². The Hall–Kier alpha value is -3.85. The van der Waals surface area contributed by atoms with Gasteiger partial charge in [-0.25, -0.2) is 9.59 Å². The van der Waals surface area contributed by atoms with E-state index in [1.165, 1.54) is 4.90 Å². The number of likely N-dealkylation sites (N-methyl/N-ethyl adjacent to an activating group) is 1. The predicted octanol–water partition coefficient (Wildman–Crippen LogP) is 4.33. The van der Waals surface area contributed by atoms with Gasteiger partial charge in [0.15, 0.2) is 0 Å². The summed E-state index contributed by atoms with van der Waals surface area (Å²) < 4.78 is 11.5. The van der Waals surface area contributed by atoms with Crippen LogP contribution in [-0.2, 0) is 14.3 Å². The lowest BCUT2D eigenvalue weighted by molar-refractivity contribution is -0.142. The van der Waals surface area contributed by atoms with Crippen LogP contribution in [-0.4, -0.2) is 78.5 Å². The fraction of sp³-hybridized carbons (Fsp3) is 0.452. The summed E-state index contributed by atoms with van der Waals surface area (Å²) in [4.78, 5) is 45.2. The normalized spacial score (nSPS) is 22.0. The van der Waals surface area contributed by atoms with Crippen molar-refractivity contribution in [3.63, 3.8) is 0 Å². The van der Waals surface area contributed by atoms with E-state index in [0.29, 0.717) is 48.9 Å². The first-order chi connectivity index (χ1) is 19.4. The molecule has 40 heavy (non-hydrogen) atoms. The van der Waals surface area contributed by atoms with Crippen LogP contribution in [0.4, 0.5) is 4.79 Å². The van der Waals surface area contributed by atoms with Crippen molar-refractivity contribution in [3.8, 4) is 11.5 Å². The number of nitrogens with zero attached hydrogens (tertiary/aromatic N) is 3. The van der Waals surface area contributed by atoms with Crippen molar-refractivity contribution in [2.45, 2.75) is 45.2 Å². The Balaban J connectivity index is 1.42. The van der Waals surface area contributed by atoms with Gasteiger partial charge in [0, 0.05) is 50.9 Å². The summed E-state index contributed by atoms with van der Waals surface area (Å²) in [6, 6.07) is 15.9. The lowest BCUT2D eigenvalue weighted by atomic mass is 9.84. The van der Waals surface area contributed by atoms with E-state index in [1.807, 2.05) is 59.5 Å². The summed E-state index contributed by atoms with van der Waals surface area (Å²) in [6.45, 7) is 6.42. The largest absolute Gasteiger partial charge is 0.463 e. The van der Waals surface area contributed by atoms with E-state index in [9.17, 15) is 14.4 Å². The fourth-order valence-corrected chi connectivity index (χ4v) is 5.64. The number of esters is 1. The molecule has 0 bridgehead atoms. The highest BCUT2D eigenvalue weighted by atomic mass is 16.5. The number of rotatable bonds is 8. The molecule has 1 saturated carbocycles. The topological polar surface area (TPSA) is 91.4 Å². The molecule has 0 unspecified atom stereocenters. The fourth-order valence-electron chi connectivity index (χ4n) is 5.64. The second kappa shape index (κ2) is 12.1. The summed E-state index contributed by atoms with van der Waals surface area (Å²) in [5.74, 6) is 1.26. The van der Waals surface area contributed by atoms with Gasteiger partial charge in [-0.1, -0.05) is 36.8 Å². The maximum absolute atomic E-state index is 13.4. The van der Waals surface area contributed by atoms with E-state index < -0.39 is 12.0 Å². The number of carbonyl (C=O) groups excluding carboxylic acids is 3. The minimum Gasteiger partial charge on any atom is -0.463 e. The Morgan fingerprint density at radius 2 is 1.77 bits per heavy atom.